The van der Waals surface area contributed by atoms with Crippen molar-refractivity contribution in [3.05, 3.63) is 36.5 Å². The summed E-state index contributed by atoms with van der Waals surface area (Å²) in [5.74, 6) is -0.856. The quantitative estimate of drug-likeness (QED) is 0.0261. The predicted octanol–water partition coefficient (Wildman–Crippen LogP) is 22.0. The lowest BCUT2D eigenvalue weighted by atomic mass is 10.0. The van der Waals surface area contributed by atoms with E-state index in [0.717, 1.165) is 70.6 Å². The third-order valence-electron chi connectivity index (χ3n) is 14.6. The lowest BCUT2D eigenvalue weighted by Gasteiger charge is -2.18. The molecule has 6 nitrogen and oxygen atoms in total. The van der Waals surface area contributed by atoms with Gasteiger partial charge in [0, 0.05) is 19.3 Å². The van der Waals surface area contributed by atoms with E-state index in [2.05, 4.69) is 57.2 Å². The van der Waals surface area contributed by atoms with Crippen molar-refractivity contribution in [1.29, 1.82) is 0 Å². The molecule has 0 radical (unpaired) electrons. The van der Waals surface area contributed by atoms with Gasteiger partial charge in [-0.3, -0.25) is 14.4 Å². The van der Waals surface area contributed by atoms with Gasteiger partial charge in [0.2, 0.25) is 0 Å². The van der Waals surface area contributed by atoms with Crippen LogP contribution in [0.4, 0.5) is 0 Å². The van der Waals surface area contributed by atoms with Crippen LogP contribution in [0.15, 0.2) is 36.5 Å². The zero-order chi connectivity index (χ0) is 52.9. The average Bonchev–Trinajstić information content (AvgIpc) is 3.39. The van der Waals surface area contributed by atoms with Gasteiger partial charge >= 0.3 is 17.9 Å². The molecule has 0 saturated carbocycles. The van der Waals surface area contributed by atoms with Crippen molar-refractivity contribution in [3.8, 4) is 0 Å². The first-order chi connectivity index (χ1) is 36.0. The van der Waals surface area contributed by atoms with E-state index in [4.69, 9.17) is 14.2 Å². The first-order valence-corrected chi connectivity index (χ1v) is 32.5. The number of allylic oxidation sites excluding steroid dienone is 6. The molecule has 6 heteroatoms. The standard InChI is InChI=1S/C67H124O6/c1-4-7-10-13-16-19-22-25-28-31-33-36-39-42-45-48-51-54-57-60-66(69)72-63-64(62-71-65(68)59-56-53-50-47-44-41-38-35-30-27-24-21-18-15-12-9-6-3)73-67(70)61-58-55-52-49-46-43-40-37-34-32-29-26-23-20-17-14-11-8-5-2/h18,21,26-27,29-30,64H,4-17,19-20,22-25,28,31-63H2,1-3H3/b21-18-,29-26-,30-27-/t64-/m1/s1. The van der Waals surface area contributed by atoms with Gasteiger partial charge in [-0.25, -0.2) is 0 Å². The molecular formula is C67H124O6. The average molecular weight is 1030 g/mol. The maximum Gasteiger partial charge on any atom is 0.306 e. The molecule has 0 aromatic carbocycles. The van der Waals surface area contributed by atoms with Crippen molar-refractivity contribution < 1.29 is 28.6 Å². The van der Waals surface area contributed by atoms with E-state index >= 15 is 0 Å². The topological polar surface area (TPSA) is 78.9 Å². The molecule has 0 aromatic rings. The van der Waals surface area contributed by atoms with Crippen molar-refractivity contribution in [2.24, 2.45) is 0 Å². The van der Waals surface area contributed by atoms with Crippen molar-refractivity contribution in [3.63, 3.8) is 0 Å². The zero-order valence-electron chi connectivity index (χ0n) is 49.2. The summed E-state index contributed by atoms with van der Waals surface area (Å²) in [6.07, 6.45) is 75.7. The van der Waals surface area contributed by atoms with Gasteiger partial charge in [0.05, 0.1) is 0 Å². The van der Waals surface area contributed by atoms with Crippen LogP contribution in [0.25, 0.3) is 0 Å². The number of carbonyl (C=O) groups excluding carboxylic acids is 3. The van der Waals surface area contributed by atoms with Gasteiger partial charge in [-0.15, -0.1) is 0 Å². The Morgan fingerprint density at radius 3 is 0.795 bits per heavy atom. The molecule has 0 unspecified atom stereocenters. The highest BCUT2D eigenvalue weighted by atomic mass is 16.6. The highest BCUT2D eigenvalue weighted by molar-refractivity contribution is 5.71. The molecule has 0 aliphatic heterocycles. The summed E-state index contributed by atoms with van der Waals surface area (Å²) in [6.45, 7) is 6.67. The SMILES string of the molecule is CCCCC/C=C\C/C=C\CCCCCCCCCC(=O)OC[C@H](COC(=O)CCCCCCCCCCCCCCCCCCCCC)OC(=O)CCCCCCCCCCC/C=C\CCCCCCCC. The van der Waals surface area contributed by atoms with E-state index in [1.54, 1.807) is 0 Å². The van der Waals surface area contributed by atoms with Crippen LogP contribution in [-0.4, -0.2) is 37.2 Å². The van der Waals surface area contributed by atoms with Gasteiger partial charge in [-0.1, -0.05) is 295 Å². The minimum Gasteiger partial charge on any atom is -0.462 e. The van der Waals surface area contributed by atoms with Gasteiger partial charge < -0.3 is 14.2 Å². The minimum atomic E-state index is -0.775. The molecule has 0 amide bonds. The van der Waals surface area contributed by atoms with Crippen LogP contribution < -0.4 is 0 Å². The Balaban J connectivity index is 4.34. The molecule has 0 aromatic heterocycles. The molecule has 0 spiro atoms. The van der Waals surface area contributed by atoms with Crippen LogP contribution in [0.1, 0.15) is 355 Å². The maximum absolute atomic E-state index is 12.9. The summed E-state index contributed by atoms with van der Waals surface area (Å²) in [4.78, 5) is 38.3. The Hall–Kier alpha value is -2.37. The molecule has 428 valence electrons. The summed E-state index contributed by atoms with van der Waals surface area (Å²) in [5.41, 5.74) is 0. The Morgan fingerprint density at radius 2 is 0.493 bits per heavy atom. The normalized spacial score (nSPS) is 12.2. The second-order valence-electron chi connectivity index (χ2n) is 22.0. The van der Waals surface area contributed by atoms with Crippen molar-refractivity contribution >= 4 is 17.9 Å². The summed E-state index contributed by atoms with van der Waals surface area (Å²) in [5, 5.41) is 0. The number of ether oxygens (including phenoxy) is 3. The van der Waals surface area contributed by atoms with Crippen molar-refractivity contribution in [1.82, 2.24) is 0 Å². The molecule has 0 saturated heterocycles. The van der Waals surface area contributed by atoms with Gasteiger partial charge in [0.15, 0.2) is 6.10 Å². The lowest BCUT2D eigenvalue weighted by molar-refractivity contribution is -0.167. The molecule has 73 heavy (non-hydrogen) atoms. The van der Waals surface area contributed by atoms with E-state index in [1.807, 2.05) is 0 Å². The highest BCUT2D eigenvalue weighted by Gasteiger charge is 2.19. The molecule has 0 heterocycles. The second kappa shape index (κ2) is 62.2. The summed E-state index contributed by atoms with van der Waals surface area (Å²) < 4.78 is 17.0. The molecule has 1 atom stereocenters. The van der Waals surface area contributed by atoms with Crippen LogP contribution >= 0.6 is 0 Å². The second-order valence-corrected chi connectivity index (χ2v) is 22.0. The minimum absolute atomic E-state index is 0.0710. The van der Waals surface area contributed by atoms with Crippen LogP contribution in [0.3, 0.4) is 0 Å². The van der Waals surface area contributed by atoms with Crippen molar-refractivity contribution in [2.45, 2.75) is 361 Å². The Bertz CT molecular complexity index is 1220. The molecule has 0 rings (SSSR count). The van der Waals surface area contributed by atoms with Crippen molar-refractivity contribution in [2.75, 3.05) is 13.2 Å². The monoisotopic (exact) mass is 1020 g/mol. The van der Waals surface area contributed by atoms with E-state index in [0.29, 0.717) is 19.3 Å². The zero-order valence-corrected chi connectivity index (χ0v) is 49.2. The summed E-state index contributed by atoms with van der Waals surface area (Å²) >= 11 is 0. The third-order valence-corrected chi connectivity index (χ3v) is 14.6. The fraction of sp³-hybridized carbons (Fsp3) is 0.866. The van der Waals surface area contributed by atoms with Crippen LogP contribution in [0.2, 0.25) is 0 Å². The van der Waals surface area contributed by atoms with Gasteiger partial charge in [-0.05, 0) is 77.0 Å². The van der Waals surface area contributed by atoms with E-state index < -0.39 is 6.10 Å². The number of rotatable bonds is 60. The number of unbranched alkanes of at least 4 members (excludes halogenated alkanes) is 43. The van der Waals surface area contributed by atoms with Crippen LogP contribution in [-0.2, 0) is 28.6 Å². The largest absolute Gasteiger partial charge is 0.462 e. The molecule has 0 bridgehead atoms. The molecule has 0 aliphatic rings. The maximum atomic E-state index is 12.9. The number of hydrogen-bond donors (Lipinski definition) is 0. The number of hydrogen-bond acceptors (Lipinski definition) is 6. The molecule has 0 fully saturated rings. The summed E-state index contributed by atoms with van der Waals surface area (Å²) in [6, 6.07) is 0. The first kappa shape index (κ1) is 70.6. The molecular weight excluding hydrogens is 901 g/mol. The Morgan fingerprint density at radius 1 is 0.274 bits per heavy atom. The van der Waals surface area contributed by atoms with Gasteiger partial charge in [0.1, 0.15) is 13.2 Å². The Kier molecular flexibility index (Phi) is 60.2. The predicted molar refractivity (Wildman–Crippen MR) is 316 cm³/mol. The van der Waals surface area contributed by atoms with Crippen LogP contribution in [0.5, 0.6) is 0 Å². The number of esters is 3. The van der Waals surface area contributed by atoms with E-state index in [9.17, 15) is 14.4 Å². The third kappa shape index (κ3) is 60.4. The van der Waals surface area contributed by atoms with Crippen LogP contribution in [0, 0.1) is 0 Å². The van der Waals surface area contributed by atoms with Gasteiger partial charge in [-0.2, -0.15) is 0 Å². The summed E-state index contributed by atoms with van der Waals surface area (Å²) in [7, 11) is 0. The molecule has 0 N–H and O–H groups in total. The lowest BCUT2D eigenvalue weighted by Crippen LogP contribution is -2.30. The fourth-order valence-electron chi connectivity index (χ4n) is 9.71. The van der Waals surface area contributed by atoms with Gasteiger partial charge in [0.25, 0.3) is 0 Å². The number of carbonyl (C=O) groups is 3. The fourth-order valence-corrected chi connectivity index (χ4v) is 9.71. The Labute approximate surface area is 455 Å². The van der Waals surface area contributed by atoms with E-state index in [-0.39, 0.29) is 31.1 Å². The molecule has 0 aliphatic carbocycles. The highest BCUT2D eigenvalue weighted by Crippen LogP contribution is 2.17. The van der Waals surface area contributed by atoms with E-state index in [1.165, 1.54) is 244 Å². The first-order valence-electron chi connectivity index (χ1n) is 32.5. The smallest absolute Gasteiger partial charge is 0.306 e.